The van der Waals surface area contributed by atoms with Crippen molar-refractivity contribution < 1.29 is 9.47 Å². The summed E-state index contributed by atoms with van der Waals surface area (Å²) in [7, 11) is 3.36. The highest BCUT2D eigenvalue weighted by Crippen LogP contribution is 2.25. The van der Waals surface area contributed by atoms with Gasteiger partial charge in [0.15, 0.2) is 0 Å². The van der Waals surface area contributed by atoms with Gasteiger partial charge in [0.25, 0.3) is 0 Å². The molecular weight excluding hydrogens is 190 g/mol. The van der Waals surface area contributed by atoms with Crippen LogP contribution in [0, 0.1) is 0 Å². The van der Waals surface area contributed by atoms with E-state index in [0.29, 0.717) is 0 Å². The summed E-state index contributed by atoms with van der Waals surface area (Å²) in [5.41, 5.74) is 6.65. The molecule has 0 unspecified atom stereocenters. The average Bonchev–Trinajstić information content (AvgIpc) is 2.29. The van der Waals surface area contributed by atoms with Crippen LogP contribution < -0.4 is 15.2 Å². The fraction of sp³-hybridized carbons (Fsp3) is 0.500. The van der Waals surface area contributed by atoms with Gasteiger partial charge in [-0.1, -0.05) is 0 Å². The van der Waals surface area contributed by atoms with Gasteiger partial charge < -0.3 is 15.2 Å². The van der Waals surface area contributed by atoms with E-state index in [9.17, 15) is 0 Å². The van der Waals surface area contributed by atoms with Crippen molar-refractivity contribution in [3.05, 3.63) is 23.8 Å². The van der Waals surface area contributed by atoms with Crippen LogP contribution in [0.2, 0.25) is 0 Å². The summed E-state index contributed by atoms with van der Waals surface area (Å²) in [6.07, 6.45) is 3.11. The zero-order valence-electron chi connectivity index (χ0n) is 9.45. The summed E-state index contributed by atoms with van der Waals surface area (Å²) in [4.78, 5) is 0. The van der Waals surface area contributed by atoms with Crippen LogP contribution >= 0.6 is 0 Å². The second-order valence-corrected chi connectivity index (χ2v) is 3.42. The van der Waals surface area contributed by atoms with E-state index in [2.05, 4.69) is 0 Å². The highest BCUT2D eigenvalue weighted by atomic mass is 16.5. The Morgan fingerprint density at radius 1 is 1.13 bits per heavy atom. The zero-order valence-corrected chi connectivity index (χ0v) is 9.45. The normalized spacial score (nSPS) is 10.1. The lowest BCUT2D eigenvalue weighted by Gasteiger charge is -2.09. The van der Waals surface area contributed by atoms with Crippen LogP contribution in [0.1, 0.15) is 18.4 Å². The molecule has 1 aromatic carbocycles. The number of methoxy groups -OCH3 is 2. The van der Waals surface area contributed by atoms with Crippen molar-refractivity contribution >= 4 is 0 Å². The minimum atomic E-state index is 0.742. The topological polar surface area (TPSA) is 44.5 Å². The Morgan fingerprint density at radius 3 is 2.53 bits per heavy atom. The second-order valence-electron chi connectivity index (χ2n) is 3.42. The molecule has 0 bridgehead atoms. The number of hydrogen-bond acceptors (Lipinski definition) is 3. The van der Waals surface area contributed by atoms with Gasteiger partial charge >= 0.3 is 0 Å². The first kappa shape index (κ1) is 11.9. The van der Waals surface area contributed by atoms with E-state index in [1.165, 1.54) is 5.56 Å². The smallest absolute Gasteiger partial charge is 0.122 e. The molecule has 0 aromatic heterocycles. The van der Waals surface area contributed by atoms with Crippen LogP contribution in [-0.2, 0) is 6.42 Å². The van der Waals surface area contributed by atoms with Crippen LogP contribution in [-0.4, -0.2) is 20.8 Å². The first-order chi connectivity index (χ1) is 7.31. The summed E-state index contributed by atoms with van der Waals surface area (Å²) in [6.45, 7) is 0.742. The highest BCUT2D eigenvalue weighted by molar-refractivity contribution is 5.40. The Labute approximate surface area is 91.2 Å². The molecule has 0 saturated carbocycles. The van der Waals surface area contributed by atoms with E-state index < -0.39 is 0 Å². The molecule has 0 amide bonds. The summed E-state index contributed by atoms with van der Waals surface area (Å²) >= 11 is 0. The van der Waals surface area contributed by atoms with Gasteiger partial charge in [-0.2, -0.15) is 0 Å². The molecule has 84 valence electrons. The van der Waals surface area contributed by atoms with Crippen LogP contribution in [0.5, 0.6) is 11.5 Å². The van der Waals surface area contributed by atoms with E-state index >= 15 is 0 Å². The summed E-state index contributed by atoms with van der Waals surface area (Å²) in [5, 5.41) is 0. The Hall–Kier alpha value is -1.22. The number of hydrogen-bond donors (Lipinski definition) is 1. The van der Waals surface area contributed by atoms with Gasteiger partial charge in [0.1, 0.15) is 11.5 Å². The van der Waals surface area contributed by atoms with Crippen molar-refractivity contribution in [1.29, 1.82) is 0 Å². The molecule has 3 nitrogen and oxygen atoms in total. The minimum Gasteiger partial charge on any atom is -0.497 e. The van der Waals surface area contributed by atoms with Crippen molar-refractivity contribution in [3.63, 3.8) is 0 Å². The largest absolute Gasteiger partial charge is 0.497 e. The van der Waals surface area contributed by atoms with Gasteiger partial charge in [0.2, 0.25) is 0 Å². The zero-order chi connectivity index (χ0) is 11.1. The standard InChI is InChI=1S/C12H19NO2/c1-14-11-6-7-12(15-2)10(9-11)5-3-4-8-13/h6-7,9H,3-5,8,13H2,1-2H3. The molecule has 0 atom stereocenters. The lowest BCUT2D eigenvalue weighted by atomic mass is 10.1. The number of rotatable bonds is 6. The van der Waals surface area contributed by atoms with E-state index in [1.807, 2.05) is 18.2 Å². The number of ether oxygens (including phenoxy) is 2. The molecule has 0 aliphatic heterocycles. The molecule has 0 radical (unpaired) electrons. The van der Waals surface area contributed by atoms with Crippen LogP contribution in [0.4, 0.5) is 0 Å². The summed E-state index contributed by atoms with van der Waals surface area (Å²) in [5.74, 6) is 1.80. The third-order valence-corrected chi connectivity index (χ3v) is 2.39. The Balaban J connectivity index is 2.72. The van der Waals surface area contributed by atoms with Gasteiger partial charge in [-0.15, -0.1) is 0 Å². The number of aryl methyl sites for hydroxylation is 1. The molecule has 0 saturated heterocycles. The summed E-state index contributed by atoms with van der Waals surface area (Å²) in [6, 6.07) is 5.87. The van der Waals surface area contributed by atoms with Gasteiger partial charge in [-0.3, -0.25) is 0 Å². The maximum Gasteiger partial charge on any atom is 0.122 e. The molecule has 0 heterocycles. The average molecular weight is 209 g/mol. The monoisotopic (exact) mass is 209 g/mol. The van der Waals surface area contributed by atoms with Gasteiger partial charge in [0.05, 0.1) is 14.2 Å². The predicted octanol–water partition coefficient (Wildman–Crippen LogP) is 1.99. The third kappa shape index (κ3) is 3.44. The minimum absolute atomic E-state index is 0.742. The second kappa shape index (κ2) is 6.30. The Morgan fingerprint density at radius 2 is 1.93 bits per heavy atom. The fourth-order valence-electron chi connectivity index (χ4n) is 1.54. The Bertz CT molecular complexity index is 300. The molecule has 0 aliphatic rings. The molecule has 1 aromatic rings. The maximum absolute atomic E-state index is 5.46. The van der Waals surface area contributed by atoms with E-state index in [0.717, 1.165) is 37.3 Å². The fourth-order valence-corrected chi connectivity index (χ4v) is 1.54. The number of benzene rings is 1. The van der Waals surface area contributed by atoms with E-state index in [1.54, 1.807) is 14.2 Å². The van der Waals surface area contributed by atoms with E-state index in [4.69, 9.17) is 15.2 Å². The molecule has 1 rings (SSSR count). The quantitative estimate of drug-likeness (QED) is 0.729. The van der Waals surface area contributed by atoms with Crippen molar-refractivity contribution in [3.8, 4) is 11.5 Å². The molecule has 2 N–H and O–H groups in total. The predicted molar refractivity (Wildman–Crippen MR) is 61.5 cm³/mol. The molecular formula is C12H19NO2. The van der Waals surface area contributed by atoms with Crippen LogP contribution in [0.25, 0.3) is 0 Å². The summed E-state index contributed by atoms with van der Waals surface area (Å²) < 4.78 is 10.5. The van der Waals surface area contributed by atoms with Crippen molar-refractivity contribution in [2.45, 2.75) is 19.3 Å². The lowest BCUT2D eigenvalue weighted by molar-refractivity contribution is 0.398. The highest BCUT2D eigenvalue weighted by Gasteiger charge is 2.04. The molecule has 0 fully saturated rings. The van der Waals surface area contributed by atoms with Gasteiger partial charge in [-0.05, 0) is 49.6 Å². The van der Waals surface area contributed by atoms with Crippen molar-refractivity contribution in [2.75, 3.05) is 20.8 Å². The molecule has 0 aliphatic carbocycles. The molecule has 15 heavy (non-hydrogen) atoms. The maximum atomic E-state index is 5.46. The first-order valence-corrected chi connectivity index (χ1v) is 5.22. The first-order valence-electron chi connectivity index (χ1n) is 5.22. The molecule has 0 spiro atoms. The van der Waals surface area contributed by atoms with Crippen molar-refractivity contribution in [2.24, 2.45) is 5.73 Å². The SMILES string of the molecule is COc1ccc(OC)c(CCCCN)c1. The van der Waals surface area contributed by atoms with Crippen LogP contribution in [0.15, 0.2) is 18.2 Å². The third-order valence-electron chi connectivity index (χ3n) is 2.39. The van der Waals surface area contributed by atoms with Gasteiger partial charge in [-0.25, -0.2) is 0 Å². The number of unbranched alkanes of at least 4 members (excludes halogenated alkanes) is 1. The number of nitrogens with two attached hydrogens (primary N) is 1. The lowest BCUT2D eigenvalue weighted by Crippen LogP contribution is -2.00. The molecule has 3 heteroatoms. The Kier molecular flexibility index (Phi) is 4.98. The van der Waals surface area contributed by atoms with E-state index in [-0.39, 0.29) is 0 Å². The van der Waals surface area contributed by atoms with Crippen molar-refractivity contribution in [1.82, 2.24) is 0 Å². The van der Waals surface area contributed by atoms with Crippen LogP contribution in [0.3, 0.4) is 0 Å². The van der Waals surface area contributed by atoms with Gasteiger partial charge in [0, 0.05) is 0 Å².